The lowest BCUT2D eigenvalue weighted by Crippen LogP contribution is -2.48. The molecule has 1 aliphatic heterocycles. The first-order valence-electron chi connectivity index (χ1n) is 12.0. The highest BCUT2D eigenvalue weighted by molar-refractivity contribution is 5.76. The molecule has 4 rings (SSSR count). The van der Waals surface area contributed by atoms with E-state index in [1.165, 1.54) is 5.56 Å². The summed E-state index contributed by atoms with van der Waals surface area (Å²) < 4.78 is 1.92. The summed E-state index contributed by atoms with van der Waals surface area (Å²) >= 11 is 0. The first-order chi connectivity index (χ1) is 16.1. The highest BCUT2D eigenvalue weighted by Crippen LogP contribution is 2.25. The number of hydrogen-bond donors (Lipinski definition) is 1. The highest BCUT2D eigenvalue weighted by Gasteiger charge is 2.16. The van der Waals surface area contributed by atoms with Gasteiger partial charge in [0.05, 0.1) is 11.4 Å². The molecule has 1 fully saturated rings. The van der Waals surface area contributed by atoms with Gasteiger partial charge >= 0.3 is 0 Å². The second-order valence-corrected chi connectivity index (χ2v) is 8.77. The van der Waals surface area contributed by atoms with Gasteiger partial charge in [-0.25, -0.2) is 4.68 Å². The predicted molar refractivity (Wildman–Crippen MR) is 134 cm³/mol. The van der Waals surface area contributed by atoms with Crippen molar-refractivity contribution in [2.45, 2.75) is 26.7 Å². The number of rotatable bonds is 9. The number of likely N-dealkylation sites (N-methyl/N-ethyl adjacent to an activating group) is 1. The quantitative estimate of drug-likeness (QED) is 0.547. The Balaban J connectivity index is 1.36. The molecule has 0 bridgehead atoms. The number of piperazine rings is 1. The summed E-state index contributed by atoms with van der Waals surface area (Å²) in [6.07, 6.45) is 3.19. The molecule has 0 radical (unpaired) electrons. The van der Waals surface area contributed by atoms with Crippen LogP contribution in [0.5, 0.6) is 0 Å². The van der Waals surface area contributed by atoms with E-state index in [2.05, 4.69) is 59.4 Å². The normalized spacial score (nSPS) is 15.0. The second-order valence-electron chi connectivity index (χ2n) is 8.77. The van der Waals surface area contributed by atoms with Crippen LogP contribution in [-0.2, 0) is 11.2 Å². The van der Waals surface area contributed by atoms with Crippen molar-refractivity contribution in [2.24, 2.45) is 0 Å². The zero-order valence-electron chi connectivity index (χ0n) is 19.8. The summed E-state index contributed by atoms with van der Waals surface area (Å²) in [5.74, 6) is 0.101. The van der Waals surface area contributed by atoms with E-state index < -0.39 is 0 Å². The largest absolute Gasteiger partial charge is 0.355 e. The molecule has 6 heteroatoms. The zero-order chi connectivity index (χ0) is 23.0. The lowest BCUT2D eigenvalue weighted by atomic mass is 10.0. The molecule has 1 saturated heterocycles. The van der Waals surface area contributed by atoms with Gasteiger partial charge in [0.2, 0.25) is 5.91 Å². The third-order valence-corrected chi connectivity index (χ3v) is 6.42. The molecule has 1 N–H and O–H groups in total. The van der Waals surface area contributed by atoms with Crippen LogP contribution in [0.4, 0.5) is 0 Å². The summed E-state index contributed by atoms with van der Waals surface area (Å²) in [6.45, 7) is 11.5. The van der Waals surface area contributed by atoms with Gasteiger partial charge < -0.3 is 10.2 Å². The number of carbonyl (C=O) groups is 1. The molecule has 33 heavy (non-hydrogen) atoms. The Morgan fingerprint density at radius 1 is 0.970 bits per heavy atom. The summed E-state index contributed by atoms with van der Waals surface area (Å²) in [7, 11) is 0. The van der Waals surface area contributed by atoms with E-state index in [9.17, 15) is 4.79 Å². The van der Waals surface area contributed by atoms with Crippen molar-refractivity contribution in [1.29, 1.82) is 0 Å². The Bertz CT molecular complexity index is 1020. The number of amides is 1. The minimum absolute atomic E-state index is 0.101. The van der Waals surface area contributed by atoms with Crippen LogP contribution in [0.3, 0.4) is 0 Å². The van der Waals surface area contributed by atoms with Gasteiger partial charge in [-0.05, 0) is 37.6 Å². The van der Waals surface area contributed by atoms with Gasteiger partial charge in [0.15, 0.2) is 0 Å². The number of benzene rings is 2. The molecule has 0 aliphatic carbocycles. The van der Waals surface area contributed by atoms with Crippen molar-refractivity contribution in [3.05, 3.63) is 71.9 Å². The highest BCUT2D eigenvalue weighted by atomic mass is 16.1. The van der Waals surface area contributed by atoms with Crippen molar-refractivity contribution in [3.63, 3.8) is 0 Å². The van der Waals surface area contributed by atoms with E-state index in [0.717, 1.165) is 61.8 Å². The molecule has 0 spiro atoms. The maximum Gasteiger partial charge on any atom is 0.220 e. The fourth-order valence-corrected chi connectivity index (χ4v) is 4.28. The number of nitrogens with one attached hydrogen (secondary N) is 1. The van der Waals surface area contributed by atoms with Gasteiger partial charge in [0.25, 0.3) is 0 Å². The Labute approximate surface area is 197 Å². The van der Waals surface area contributed by atoms with E-state index in [0.29, 0.717) is 19.4 Å². The topological polar surface area (TPSA) is 53.4 Å². The SMILES string of the molecule is CCN1CCN(CCNC(=O)CCc2cn(-c3ccccc3)nc2-c2ccc(C)cc2)CC1. The van der Waals surface area contributed by atoms with Gasteiger partial charge in [-0.15, -0.1) is 0 Å². The fourth-order valence-electron chi connectivity index (χ4n) is 4.28. The Morgan fingerprint density at radius 2 is 1.67 bits per heavy atom. The minimum atomic E-state index is 0.101. The third kappa shape index (κ3) is 6.30. The van der Waals surface area contributed by atoms with E-state index in [4.69, 9.17) is 5.10 Å². The van der Waals surface area contributed by atoms with Gasteiger partial charge in [-0.2, -0.15) is 5.10 Å². The molecular weight excluding hydrogens is 410 g/mol. The monoisotopic (exact) mass is 445 g/mol. The van der Waals surface area contributed by atoms with Gasteiger partial charge in [-0.3, -0.25) is 9.69 Å². The van der Waals surface area contributed by atoms with Crippen molar-refractivity contribution in [3.8, 4) is 16.9 Å². The van der Waals surface area contributed by atoms with Crippen LogP contribution in [0.1, 0.15) is 24.5 Å². The van der Waals surface area contributed by atoms with E-state index >= 15 is 0 Å². The Morgan fingerprint density at radius 3 is 2.36 bits per heavy atom. The first-order valence-corrected chi connectivity index (χ1v) is 12.0. The molecule has 1 aliphatic rings. The van der Waals surface area contributed by atoms with Crippen molar-refractivity contribution in [1.82, 2.24) is 24.9 Å². The molecule has 2 heterocycles. The van der Waals surface area contributed by atoms with Crippen LogP contribution < -0.4 is 5.32 Å². The third-order valence-electron chi connectivity index (χ3n) is 6.42. The van der Waals surface area contributed by atoms with Crippen LogP contribution in [-0.4, -0.2) is 71.3 Å². The fraction of sp³-hybridized carbons (Fsp3) is 0.407. The number of aromatic nitrogens is 2. The lowest BCUT2D eigenvalue weighted by molar-refractivity contribution is -0.121. The molecule has 1 amide bonds. The molecular formula is C27H35N5O. The summed E-state index contributed by atoms with van der Waals surface area (Å²) in [5.41, 5.74) is 5.36. The maximum atomic E-state index is 12.6. The Hall–Kier alpha value is -2.96. The zero-order valence-corrected chi connectivity index (χ0v) is 19.8. The first kappa shape index (κ1) is 23.2. The van der Waals surface area contributed by atoms with Crippen molar-refractivity contribution in [2.75, 3.05) is 45.8 Å². The number of nitrogens with zero attached hydrogens (tertiary/aromatic N) is 4. The molecule has 2 aromatic carbocycles. The molecule has 0 saturated carbocycles. The van der Waals surface area contributed by atoms with Crippen LogP contribution in [0.15, 0.2) is 60.8 Å². The lowest BCUT2D eigenvalue weighted by Gasteiger charge is -2.33. The van der Waals surface area contributed by atoms with Crippen molar-refractivity contribution < 1.29 is 4.79 Å². The average molecular weight is 446 g/mol. The smallest absolute Gasteiger partial charge is 0.220 e. The maximum absolute atomic E-state index is 12.6. The van der Waals surface area contributed by atoms with Crippen LogP contribution >= 0.6 is 0 Å². The van der Waals surface area contributed by atoms with Gasteiger partial charge in [0.1, 0.15) is 0 Å². The summed E-state index contributed by atoms with van der Waals surface area (Å²) in [6, 6.07) is 18.5. The Kier molecular flexibility index (Phi) is 7.92. The number of carbonyl (C=O) groups excluding carboxylic acids is 1. The van der Waals surface area contributed by atoms with Crippen LogP contribution in [0.25, 0.3) is 16.9 Å². The number of aryl methyl sites for hydroxylation is 2. The van der Waals surface area contributed by atoms with Gasteiger partial charge in [-0.1, -0.05) is 55.0 Å². The molecule has 174 valence electrons. The molecule has 0 atom stereocenters. The molecule has 0 unspecified atom stereocenters. The summed E-state index contributed by atoms with van der Waals surface area (Å²) in [5, 5.41) is 7.98. The molecule has 3 aromatic rings. The van der Waals surface area contributed by atoms with Crippen LogP contribution in [0, 0.1) is 6.92 Å². The van der Waals surface area contributed by atoms with E-state index in [1.807, 2.05) is 35.0 Å². The standard InChI is InChI=1S/C27H35N5O/c1-3-30-17-19-31(20-18-30)16-15-28-26(33)14-13-24-21-32(25-7-5-4-6-8-25)29-27(24)23-11-9-22(2)10-12-23/h4-12,21H,3,13-20H2,1-2H3,(H,28,33). The van der Waals surface area contributed by atoms with Crippen molar-refractivity contribution >= 4 is 5.91 Å². The van der Waals surface area contributed by atoms with Gasteiger partial charge in [0, 0.05) is 57.4 Å². The predicted octanol–water partition coefficient (Wildman–Crippen LogP) is 3.53. The van der Waals surface area contributed by atoms with E-state index in [-0.39, 0.29) is 5.91 Å². The second kappa shape index (κ2) is 11.3. The van der Waals surface area contributed by atoms with E-state index in [1.54, 1.807) is 0 Å². The molecule has 6 nitrogen and oxygen atoms in total. The molecule has 1 aromatic heterocycles. The number of para-hydroxylation sites is 1. The number of hydrogen-bond acceptors (Lipinski definition) is 4. The summed E-state index contributed by atoms with van der Waals surface area (Å²) in [4.78, 5) is 17.5. The average Bonchev–Trinajstić information content (AvgIpc) is 3.28. The van der Waals surface area contributed by atoms with Crippen LogP contribution in [0.2, 0.25) is 0 Å². The minimum Gasteiger partial charge on any atom is -0.355 e.